The van der Waals surface area contributed by atoms with Crippen LogP contribution in [0.25, 0.3) is 11.1 Å². The monoisotopic (exact) mass is 305 g/mol. The summed E-state index contributed by atoms with van der Waals surface area (Å²) in [7, 11) is -1.57. The van der Waals surface area contributed by atoms with Crippen molar-refractivity contribution < 1.29 is 13.2 Å². The normalized spacial score (nSPS) is 12.9. The minimum atomic E-state index is -3.21. The lowest BCUT2D eigenvalue weighted by atomic mass is 10.0. The molecule has 21 heavy (non-hydrogen) atoms. The van der Waals surface area contributed by atoms with Crippen molar-refractivity contribution in [3.63, 3.8) is 0 Å². The van der Waals surface area contributed by atoms with Gasteiger partial charge in [0.25, 0.3) is 0 Å². The molecule has 0 amide bonds. The number of para-hydroxylation sites is 1. The van der Waals surface area contributed by atoms with Gasteiger partial charge in [-0.25, -0.2) is 13.1 Å². The van der Waals surface area contributed by atoms with E-state index in [1.165, 1.54) is 0 Å². The molecule has 2 aromatic carbocycles. The minimum Gasteiger partial charge on any atom is -0.496 e. The summed E-state index contributed by atoms with van der Waals surface area (Å²) in [5.41, 5.74) is 2.96. The molecule has 0 radical (unpaired) electrons. The Morgan fingerprint density at radius 2 is 1.67 bits per heavy atom. The summed E-state index contributed by atoms with van der Waals surface area (Å²) in [6, 6.07) is 15.3. The molecule has 2 aromatic rings. The molecular weight excluding hydrogens is 286 g/mol. The van der Waals surface area contributed by atoms with Gasteiger partial charge in [0.1, 0.15) is 5.75 Å². The molecule has 0 saturated carbocycles. The quantitative estimate of drug-likeness (QED) is 0.924. The number of sulfonamides is 1. The number of nitrogens with one attached hydrogen (secondary N) is 1. The molecule has 0 spiro atoms. The Kier molecular flexibility index (Phi) is 4.65. The summed E-state index contributed by atoms with van der Waals surface area (Å²) >= 11 is 0. The standard InChI is InChI=1S/C16H19NO3S/c1-12(17-21(3,18)19)13-8-10-14(11-9-13)15-6-4-5-7-16(15)20-2/h4-12,17H,1-3H3/t12-/m1/s1. The predicted molar refractivity (Wildman–Crippen MR) is 84.8 cm³/mol. The molecule has 1 N–H and O–H groups in total. The molecule has 1 atom stereocenters. The van der Waals surface area contributed by atoms with Crippen molar-refractivity contribution in [2.75, 3.05) is 13.4 Å². The number of hydrogen-bond donors (Lipinski definition) is 1. The fraction of sp³-hybridized carbons (Fsp3) is 0.250. The Bertz CT molecular complexity index is 709. The number of methoxy groups -OCH3 is 1. The van der Waals surface area contributed by atoms with Crippen LogP contribution in [0, 0.1) is 0 Å². The maximum Gasteiger partial charge on any atom is 0.209 e. The van der Waals surface area contributed by atoms with Crippen LogP contribution in [0.1, 0.15) is 18.5 Å². The fourth-order valence-corrected chi connectivity index (χ4v) is 3.00. The zero-order valence-electron chi connectivity index (χ0n) is 12.3. The smallest absolute Gasteiger partial charge is 0.209 e. The van der Waals surface area contributed by atoms with Crippen molar-refractivity contribution in [3.8, 4) is 16.9 Å². The molecule has 5 heteroatoms. The highest BCUT2D eigenvalue weighted by Crippen LogP contribution is 2.30. The summed E-state index contributed by atoms with van der Waals surface area (Å²) in [5.74, 6) is 0.813. The van der Waals surface area contributed by atoms with Crippen molar-refractivity contribution in [3.05, 3.63) is 54.1 Å². The van der Waals surface area contributed by atoms with Crippen LogP contribution in [-0.4, -0.2) is 21.8 Å². The molecule has 2 rings (SSSR count). The first-order valence-corrected chi connectivity index (χ1v) is 8.50. The van der Waals surface area contributed by atoms with Crippen molar-refractivity contribution in [1.29, 1.82) is 0 Å². The highest BCUT2D eigenvalue weighted by molar-refractivity contribution is 7.88. The molecule has 0 bridgehead atoms. The Balaban J connectivity index is 2.27. The molecule has 0 fully saturated rings. The lowest BCUT2D eigenvalue weighted by Crippen LogP contribution is -2.25. The van der Waals surface area contributed by atoms with Gasteiger partial charge < -0.3 is 4.74 Å². The van der Waals surface area contributed by atoms with Crippen LogP contribution in [0.5, 0.6) is 5.75 Å². The van der Waals surface area contributed by atoms with Crippen LogP contribution < -0.4 is 9.46 Å². The van der Waals surface area contributed by atoms with Crippen molar-refractivity contribution >= 4 is 10.0 Å². The summed E-state index contributed by atoms with van der Waals surface area (Å²) in [4.78, 5) is 0. The second-order valence-corrected chi connectivity index (χ2v) is 6.71. The zero-order chi connectivity index (χ0) is 15.5. The first-order chi connectivity index (χ1) is 9.90. The third kappa shape index (κ3) is 4.06. The average Bonchev–Trinajstić information content (AvgIpc) is 2.45. The molecule has 0 aliphatic rings. The molecule has 112 valence electrons. The van der Waals surface area contributed by atoms with Gasteiger partial charge >= 0.3 is 0 Å². The molecule has 4 nitrogen and oxygen atoms in total. The lowest BCUT2D eigenvalue weighted by Gasteiger charge is -2.14. The molecule has 0 aliphatic carbocycles. The van der Waals surface area contributed by atoms with Crippen LogP contribution in [0.15, 0.2) is 48.5 Å². The Labute approximate surface area is 125 Å². The number of rotatable bonds is 5. The van der Waals surface area contributed by atoms with Gasteiger partial charge in [-0.1, -0.05) is 42.5 Å². The number of benzene rings is 2. The highest BCUT2D eigenvalue weighted by atomic mass is 32.2. The Morgan fingerprint density at radius 3 is 2.24 bits per heavy atom. The van der Waals surface area contributed by atoms with Crippen LogP contribution in [0.4, 0.5) is 0 Å². The minimum absolute atomic E-state index is 0.258. The third-order valence-electron chi connectivity index (χ3n) is 3.22. The Hall–Kier alpha value is -1.85. The van der Waals surface area contributed by atoms with E-state index < -0.39 is 10.0 Å². The van der Waals surface area contributed by atoms with Gasteiger partial charge in [0.05, 0.1) is 13.4 Å². The van der Waals surface area contributed by atoms with E-state index in [4.69, 9.17) is 4.74 Å². The average molecular weight is 305 g/mol. The third-order valence-corrected chi connectivity index (χ3v) is 4.00. The van der Waals surface area contributed by atoms with Crippen molar-refractivity contribution in [2.45, 2.75) is 13.0 Å². The van der Waals surface area contributed by atoms with Gasteiger partial charge in [-0.3, -0.25) is 0 Å². The lowest BCUT2D eigenvalue weighted by molar-refractivity contribution is 0.416. The first-order valence-electron chi connectivity index (χ1n) is 6.61. The van der Waals surface area contributed by atoms with Gasteiger partial charge in [0.2, 0.25) is 10.0 Å². The zero-order valence-corrected chi connectivity index (χ0v) is 13.1. The second kappa shape index (κ2) is 6.28. The maximum atomic E-state index is 11.3. The van der Waals surface area contributed by atoms with E-state index in [2.05, 4.69) is 4.72 Å². The van der Waals surface area contributed by atoms with Gasteiger partial charge in [0, 0.05) is 11.6 Å². The SMILES string of the molecule is COc1ccccc1-c1ccc([C@@H](C)NS(C)(=O)=O)cc1. The predicted octanol–water partition coefficient (Wildman–Crippen LogP) is 2.97. The molecular formula is C16H19NO3S. The van der Waals surface area contributed by atoms with E-state index in [1.54, 1.807) is 7.11 Å². The van der Waals surface area contributed by atoms with E-state index in [0.29, 0.717) is 0 Å². The molecule has 0 heterocycles. The van der Waals surface area contributed by atoms with Gasteiger partial charge in [-0.15, -0.1) is 0 Å². The topological polar surface area (TPSA) is 55.4 Å². The van der Waals surface area contributed by atoms with E-state index in [9.17, 15) is 8.42 Å². The molecule has 0 aliphatic heterocycles. The van der Waals surface area contributed by atoms with Crippen LogP contribution in [0.3, 0.4) is 0 Å². The fourth-order valence-electron chi connectivity index (χ4n) is 2.22. The van der Waals surface area contributed by atoms with Crippen LogP contribution in [-0.2, 0) is 10.0 Å². The number of ether oxygens (including phenoxy) is 1. The van der Waals surface area contributed by atoms with Crippen LogP contribution >= 0.6 is 0 Å². The number of hydrogen-bond acceptors (Lipinski definition) is 3. The summed E-state index contributed by atoms with van der Waals surface area (Å²) < 4.78 is 30.4. The maximum absolute atomic E-state index is 11.3. The van der Waals surface area contributed by atoms with Crippen LogP contribution in [0.2, 0.25) is 0 Å². The van der Waals surface area contributed by atoms with Gasteiger partial charge in [-0.05, 0) is 24.1 Å². The van der Waals surface area contributed by atoms with Gasteiger partial charge in [-0.2, -0.15) is 0 Å². The van der Waals surface area contributed by atoms with E-state index in [0.717, 1.165) is 28.7 Å². The van der Waals surface area contributed by atoms with E-state index in [1.807, 2.05) is 55.5 Å². The summed E-state index contributed by atoms with van der Waals surface area (Å²) in [5, 5.41) is 0. The van der Waals surface area contributed by atoms with Crippen molar-refractivity contribution in [1.82, 2.24) is 4.72 Å². The second-order valence-electron chi connectivity index (χ2n) is 4.93. The van der Waals surface area contributed by atoms with E-state index in [-0.39, 0.29) is 6.04 Å². The molecule has 0 aromatic heterocycles. The largest absolute Gasteiger partial charge is 0.496 e. The molecule has 0 saturated heterocycles. The van der Waals surface area contributed by atoms with Gasteiger partial charge in [0.15, 0.2) is 0 Å². The Morgan fingerprint density at radius 1 is 1.05 bits per heavy atom. The summed E-state index contributed by atoms with van der Waals surface area (Å²) in [6.07, 6.45) is 1.16. The molecule has 0 unspecified atom stereocenters. The van der Waals surface area contributed by atoms with Crippen molar-refractivity contribution in [2.24, 2.45) is 0 Å². The highest BCUT2D eigenvalue weighted by Gasteiger charge is 2.11. The summed E-state index contributed by atoms with van der Waals surface area (Å²) in [6.45, 7) is 1.82. The van der Waals surface area contributed by atoms with E-state index >= 15 is 0 Å². The first kappa shape index (κ1) is 15.5.